The molecule has 0 N–H and O–H groups in total. The van der Waals surface area contributed by atoms with Crippen molar-refractivity contribution in [3.05, 3.63) is 29.3 Å². The quantitative estimate of drug-likeness (QED) is 0.623. The van der Waals surface area contributed by atoms with E-state index in [4.69, 9.17) is 11.6 Å². The zero-order chi connectivity index (χ0) is 8.27. The number of rotatable bonds is 2. The molecule has 0 saturated heterocycles. The standard InChI is InChI=1S/C9H12ClP/c1-3-11(2)9-6-4-5-8(10)7-9/h4-7H,3H2,1-2H3. The van der Waals surface area contributed by atoms with Gasteiger partial charge in [0, 0.05) is 5.02 Å². The predicted molar refractivity (Wildman–Crippen MR) is 54.5 cm³/mol. The summed E-state index contributed by atoms with van der Waals surface area (Å²) in [6.07, 6.45) is 1.23. The molecule has 0 bridgehead atoms. The molecule has 11 heavy (non-hydrogen) atoms. The number of benzene rings is 1. The van der Waals surface area contributed by atoms with E-state index < -0.39 is 0 Å². The summed E-state index contributed by atoms with van der Waals surface area (Å²) in [4.78, 5) is 0. The van der Waals surface area contributed by atoms with Crippen LogP contribution >= 0.6 is 19.5 Å². The summed E-state index contributed by atoms with van der Waals surface area (Å²) in [5.41, 5.74) is 0. The summed E-state index contributed by atoms with van der Waals surface area (Å²) < 4.78 is 0. The topological polar surface area (TPSA) is 0 Å². The molecule has 1 atom stereocenters. The van der Waals surface area contributed by atoms with Gasteiger partial charge in [0.15, 0.2) is 0 Å². The summed E-state index contributed by atoms with van der Waals surface area (Å²) in [5, 5.41) is 2.25. The summed E-state index contributed by atoms with van der Waals surface area (Å²) in [6, 6.07) is 8.16. The van der Waals surface area contributed by atoms with Gasteiger partial charge in [-0.3, -0.25) is 0 Å². The van der Waals surface area contributed by atoms with Gasteiger partial charge in [-0.2, -0.15) is 0 Å². The fourth-order valence-electron chi connectivity index (χ4n) is 0.896. The van der Waals surface area contributed by atoms with Gasteiger partial charge < -0.3 is 0 Å². The van der Waals surface area contributed by atoms with Gasteiger partial charge in [0.1, 0.15) is 0 Å². The van der Waals surface area contributed by atoms with Gasteiger partial charge in [0.05, 0.1) is 0 Å². The molecule has 1 rings (SSSR count). The van der Waals surface area contributed by atoms with Gasteiger partial charge >= 0.3 is 0 Å². The second-order valence-electron chi connectivity index (χ2n) is 2.49. The minimum Gasteiger partial charge on any atom is -0.0843 e. The average molecular weight is 187 g/mol. The first kappa shape index (κ1) is 9.03. The Morgan fingerprint density at radius 3 is 2.73 bits per heavy atom. The van der Waals surface area contributed by atoms with Crippen LogP contribution in [-0.2, 0) is 0 Å². The Labute approximate surface area is 74.3 Å². The maximum Gasteiger partial charge on any atom is 0.0412 e. The zero-order valence-electron chi connectivity index (χ0n) is 6.84. The Kier molecular flexibility index (Phi) is 3.36. The van der Waals surface area contributed by atoms with Gasteiger partial charge in [-0.05, 0) is 30.3 Å². The minimum atomic E-state index is 0.0259. The molecule has 1 aromatic rings. The van der Waals surface area contributed by atoms with Crippen LogP contribution in [0.25, 0.3) is 0 Å². The third-order valence-corrected chi connectivity index (χ3v) is 4.07. The molecular formula is C9H12ClP. The molecule has 0 aliphatic rings. The highest BCUT2D eigenvalue weighted by atomic mass is 35.5. The second kappa shape index (κ2) is 4.09. The van der Waals surface area contributed by atoms with E-state index in [1.165, 1.54) is 11.5 Å². The lowest BCUT2D eigenvalue weighted by Gasteiger charge is -2.08. The van der Waals surface area contributed by atoms with E-state index in [0.29, 0.717) is 0 Å². The fraction of sp³-hybridized carbons (Fsp3) is 0.333. The molecule has 1 unspecified atom stereocenters. The second-order valence-corrected chi connectivity index (χ2v) is 5.48. The molecule has 0 aliphatic carbocycles. The van der Waals surface area contributed by atoms with Crippen molar-refractivity contribution in [1.82, 2.24) is 0 Å². The lowest BCUT2D eigenvalue weighted by Crippen LogP contribution is -1.99. The van der Waals surface area contributed by atoms with Crippen LogP contribution in [0.15, 0.2) is 24.3 Å². The van der Waals surface area contributed by atoms with Gasteiger partial charge in [0.2, 0.25) is 0 Å². The first-order chi connectivity index (χ1) is 5.24. The monoisotopic (exact) mass is 186 g/mol. The third kappa shape index (κ3) is 2.47. The van der Waals surface area contributed by atoms with E-state index in [1.54, 1.807) is 0 Å². The van der Waals surface area contributed by atoms with E-state index in [2.05, 4.69) is 25.7 Å². The summed E-state index contributed by atoms with van der Waals surface area (Å²) in [5.74, 6) is 0. The van der Waals surface area contributed by atoms with Crippen LogP contribution in [0.5, 0.6) is 0 Å². The molecule has 0 saturated carbocycles. The fourth-order valence-corrected chi connectivity index (χ4v) is 2.23. The van der Waals surface area contributed by atoms with Gasteiger partial charge in [-0.1, -0.05) is 38.6 Å². The van der Waals surface area contributed by atoms with E-state index in [9.17, 15) is 0 Å². The van der Waals surface area contributed by atoms with Crippen molar-refractivity contribution in [1.29, 1.82) is 0 Å². The van der Waals surface area contributed by atoms with Crippen molar-refractivity contribution in [2.45, 2.75) is 6.92 Å². The highest BCUT2D eigenvalue weighted by Crippen LogP contribution is 2.28. The molecule has 60 valence electrons. The van der Waals surface area contributed by atoms with Crippen LogP contribution in [0.2, 0.25) is 5.02 Å². The molecule has 0 heterocycles. The molecular weight excluding hydrogens is 175 g/mol. The van der Waals surface area contributed by atoms with Crippen molar-refractivity contribution in [2.75, 3.05) is 12.8 Å². The predicted octanol–water partition coefficient (Wildman–Crippen LogP) is 3.10. The Balaban J connectivity index is 2.86. The lowest BCUT2D eigenvalue weighted by atomic mass is 10.4. The first-order valence-corrected chi connectivity index (χ1v) is 6.06. The molecule has 0 aromatic heterocycles. The minimum absolute atomic E-state index is 0.0259. The number of hydrogen-bond acceptors (Lipinski definition) is 0. The summed E-state index contributed by atoms with van der Waals surface area (Å²) >= 11 is 5.86. The molecule has 0 aliphatic heterocycles. The highest BCUT2D eigenvalue weighted by Gasteiger charge is 2.00. The Bertz CT molecular complexity index is 235. The van der Waals surface area contributed by atoms with Gasteiger partial charge in [-0.15, -0.1) is 0 Å². The maximum absolute atomic E-state index is 5.86. The van der Waals surface area contributed by atoms with Crippen LogP contribution in [-0.4, -0.2) is 12.8 Å². The molecule has 0 spiro atoms. The van der Waals surface area contributed by atoms with E-state index in [1.807, 2.05) is 12.1 Å². The Morgan fingerprint density at radius 2 is 2.18 bits per heavy atom. The van der Waals surface area contributed by atoms with Crippen LogP contribution in [0.3, 0.4) is 0 Å². The largest absolute Gasteiger partial charge is 0.0843 e. The molecule has 0 fully saturated rings. The van der Waals surface area contributed by atoms with Crippen molar-refractivity contribution >= 4 is 24.8 Å². The Morgan fingerprint density at radius 1 is 1.45 bits per heavy atom. The lowest BCUT2D eigenvalue weighted by molar-refractivity contribution is 1.50. The molecule has 0 amide bonds. The van der Waals surface area contributed by atoms with Gasteiger partial charge in [-0.25, -0.2) is 0 Å². The van der Waals surface area contributed by atoms with Gasteiger partial charge in [0.25, 0.3) is 0 Å². The zero-order valence-corrected chi connectivity index (χ0v) is 8.49. The van der Waals surface area contributed by atoms with Crippen LogP contribution < -0.4 is 5.30 Å². The van der Waals surface area contributed by atoms with E-state index in [-0.39, 0.29) is 7.92 Å². The van der Waals surface area contributed by atoms with Crippen LogP contribution in [0.1, 0.15) is 6.92 Å². The van der Waals surface area contributed by atoms with Crippen molar-refractivity contribution in [3.8, 4) is 0 Å². The van der Waals surface area contributed by atoms with Crippen LogP contribution in [0, 0.1) is 0 Å². The van der Waals surface area contributed by atoms with Crippen molar-refractivity contribution in [2.24, 2.45) is 0 Å². The van der Waals surface area contributed by atoms with E-state index >= 15 is 0 Å². The normalized spacial score (nSPS) is 13.0. The Hall–Kier alpha value is -0.0600. The molecule has 2 heteroatoms. The smallest absolute Gasteiger partial charge is 0.0412 e. The van der Waals surface area contributed by atoms with E-state index in [0.717, 1.165) is 5.02 Å². The summed E-state index contributed by atoms with van der Waals surface area (Å²) in [7, 11) is 0.0259. The number of hydrogen-bond donors (Lipinski definition) is 0. The number of halogens is 1. The molecule has 1 aromatic carbocycles. The third-order valence-electron chi connectivity index (χ3n) is 1.72. The van der Waals surface area contributed by atoms with Crippen LogP contribution in [0.4, 0.5) is 0 Å². The molecule has 0 radical (unpaired) electrons. The average Bonchev–Trinajstić information content (AvgIpc) is 2.03. The van der Waals surface area contributed by atoms with Crippen molar-refractivity contribution in [3.63, 3.8) is 0 Å². The van der Waals surface area contributed by atoms with Crippen molar-refractivity contribution < 1.29 is 0 Å². The summed E-state index contributed by atoms with van der Waals surface area (Å²) in [6.45, 7) is 4.49. The molecule has 0 nitrogen and oxygen atoms in total. The maximum atomic E-state index is 5.86. The first-order valence-electron chi connectivity index (χ1n) is 3.70. The highest BCUT2D eigenvalue weighted by molar-refractivity contribution is 7.64. The SMILES string of the molecule is CCP(C)c1cccc(Cl)c1.